The molecule has 0 saturated carbocycles. The molecule has 0 aliphatic rings. The van der Waals surface area contributed by atoms with E-state index in [2.05, 4.69) is 15.0 Å². The third kappa shape index (κ3) is 2.71. The van der Waals surface area contributed by atoms with Crippen LogP contribution >= 0.6 is 11.3 Å². The second kappa shape index (κ2) is 4.32. The van der Waals surface area contributed by atoms with Crippen LogP contribution in [0.15, 0.2) is 0 Å². The fourth-order valence-corrected chi connectivity index (χ4v) is 2.52. The fourth-order valence-electron chi connectivity index (χ4n) is 0.362. The van der Waals surface area contributed by atoms with Crippen LogP contribution in [0.25, 0.3) is 4.85 Å². The Kier molecular flexibility index (Phi) is 3.36. The van der Waals surface area contributed by atoms with Crippen molar-refractivity contribution in [1.82, 2.24) is 10.2 Å². The summed E-state index contributed by atoms with van der Waals surface area (Å²) in [5.74, 6) is -0.317. The van der Waals surface area contributed by atoms with Gasteiger partial charge in [-0.3, -0.25) is 0 Å². The number of hydrogen-bond acceptors (Lipinski definition) is 5. The van der Waals surface area contributed by atoms with Crippen LogP contribution in [0, 0.1) is 9.59 Å². The van der Waals surface area contributed by atoms with Crippen molar-refractivity contribution in [2.45, 2.75) is 6.92 Å². The summed E-state index contributed by atoms with van der Waals surface area (Å²) in [5.41, 5.74) is 0. The molecule has 0 spiro atoms. The Balaban J connectivity index is 2.54. The summed E-state index contributed by atoms with van der Waals surface area (Å²) in [7, 11) is 0. The van der Waals surface area contributed by atoms with E-state index < -0.39 is 21.6 Å². The molecule has 0 aliphatic heterocycles. The molecule has 0 aromatic carbocycles. The van der Waals surface area contributed by atoms with E-state index in [0.29, 0.717) is 3.01 Å². The molecule has 0 atom stereocenters. The van der Waals surface area contributed by atoms with Crippen LogP contribution in [-0.2, 0) is 7.86 Å². The summed E-state index contributed by atoms with van der Waals surface area (Å²) >= 11 is 0.323. The van der Waals surface area contributed by atoms with Gasteiger partial charge in [-0.2, -0.15) is 0 Å². The summed E-state index contributed by atoms with van der Waals surface area (Å²) in [6.45, 7) is 7.95. The fraction of sp³-hybridized carbons (Fsp3) is 0.200. The topological polar surface area (TPSA) is 56.4 Å². The summed E-state index contributed by atoms with van der Waals surface area (Å²) in [6.07, 6.45) is 0. The summed E-state index contributed by atoms with van der Waals surface area (Å²) in [6, 6.07) is 0. The summed E-state index contributed by atoms with van der Waals surface area (Å²) < 4.78 is 5.41. The molecule has 0 fully saturated rings. The number of halogens is 1. The SMILES string of the molecule is [C-]#[N+]c1nnc([I-]OC(C)=O)s1. The van der Waals surface area contributed by atoms with Crippen LogP contribution in [0.5, 0.6) is 0 Å². The number of hydrogen-bond donors (Lipinski definition) is 0. The molecule has 0 radical (unpaired) electrons. The van der Waals surface area contributed by atoms with Gasteiger partial charge in [-0.15, -0.1) is 0 Å². The van der Waals surface area contributed by atoms with Gasteiger partial charge in [0.05, 0.1) is 0 Å². The van der Waals surface area contributed by atoms with Crippen molar-refractivity contribution in [2.24, 2.45) is 0 Å². The zero-order valence-electron chi connectivity index (χ0n) is 5.94. The Labute approximate surface area is 83.4 Å². The van der Waals surface area contributed by atoms with Gasteiger partial charge >= 0.3 is 83.5 Å². The molecule has 0 saturated heterocycles. The van der Waals surface area contributed by atoms with Crippen molar-refractivity contribution in [1.29, 1.82) is 0 Å². The molecule has 0 N–H and O–H groups in total. The number of nitrogens with zero attached hydrogens (tertiary/aromatic N) is 3. The normalized spacial score (nSPS) is 9.33. The minimum atomic E-state index is -0.847. The standard InChI is InChI=1S/C5H3IN3O2S/c1-3(10)11-6-4-8-9-5(7-2)12-4/h1H3/q-1. The first-order valence-corrected chi connectivity index (χ1v) is 5.53. The van der Waals surface area contributed by atoms with Crippen molar-refractivity contribution in [3.63, 3.8) is 0 Å². The van der Waals surface area contributed by atoms with E-state index in [-0.39, 0.29) is 11.1 Å². The Hall–Kier alpha value is -0.750. The Morgan fingerprint density at radius 3 is 3.00 bits per heavy atom. The van der Waals surface area contributed by atoms with E-state index in [4.69, 9.17) is 9.64 Å². The second-order valence-electron chi connectivity index (χ2n) is 1.60. The van der Waals surface area contributed by atoms with Gasteiger partial charge in [0, 0.05) is 0 Å². The van der Waals surface area contributed by atoms with E-state index in [1.807, 2.05) is 0 Å². The van der Waals surface area contributed by atoms with Gasteiger partial charge in [-0.25, -0.2) is 0 Å². The molecular formula is C5H3IN3O2S-. The van der Waals surface area contributed by atoms with E-state index in [1.165, 1.54) is 18.3 Å². The predicted octanol–water partition coefficient (Wildman–Crippen LogP) is -2.17. The van der Waals surface area contributed by atoms with Gasteiger partial charge in [0.15, 0.2) is 0 Å². The predicted molar refractivity (Wildman–Crippen MR) is 36.6 cm³/mol. The molecule has 0 aliphatic carbocycles. The van der Waals surface area contributed by atoms with Crippen LogP contribution < -0.4 is 21.6 Å². The summed E-state index contributed by atoms with van der Waals surface area (Å²) in [4.78, 5) is 13.5. The van der Waals surface area contributed by atoms with Crippen molar-refractivity contribution in [2.75, 3.05) is 0 Å². The Morgan fingerprint density at radius 2 is 2.50 bits per heavy atom. The second-order valence-corrected chi connectivity index (χ2v) is 5.19. The quantitative estimate of drug-likeness (QED) is 0.460. The first-order valence-electron chi connectivity index (χ1n) is 2.75. The zero-order valence-corrected chi connectivity index (χ0v) is 8.92. The monoisotopic (exact) mass is 296 g/mol. The first-order chi connectivity index (χ1) is 5.72. The molecule has 0 amide bonds. The van der Waals surface area contributed by atoms with E-state index in [0.717, 1.165) is 0 Å². The van der Waals surface area contributed by atoms with Crippen molar-refractivity contribution < 1.29 is 29.5 Å². The number of rotatable bonds is 2. The molecular weight excluding hydrogens is 293 g/mol. The third-order valence-corrected chi connectivity index (χ3v) is 3.82. The molecule has 1 rings (SSSR count). The maximum absolute atomic E-state index is 10.4. The number of carbonyl (C=O) groups is 1. The average Bonchev–Trinajstić information content (AvgIpc) is 2.48. The molecule has 12 heavy (non-hydrogen) atoms. The molecule has 0 unspecified atom stereocenters. The van der Waals surface area contributed by atoms with Crippen molar-refractivity contribution in [3.8, 4) is 0 Å². The molecule has 0 bridgehead atoms. The molecule has 1 aromatic heterocycles. The molecule has 7 heteroatoms. The van der Waals surface area contributed by atoms with Crippen LogP contribution in [0.3, 0.4) is 0 Å². The number of carbonyl (C=O) groups excluding carboxylic acids is 1. The molecule has 64 valence electrons. The Bertz CT molecular complexity index is 332. The molecule has 1 heterocycles. The Morgan fingerprint density at radius 1 is 1.75 bits per heavy atom. The van der Waals surface area contributed by atoms with Gasteiger partial charge in [-0.05, 0) is 0 Å². The van der Waals surface area contributed by atoms with Crippen LogP contribution in [0.4, 0.5) is 5.13 Å². The van der Waals surface area contributed by atoms with Gasteiger partial charge in [0.1, 0.15) is 0 Å². The van der Waals surface area contributed by atoms with E-state index in [9.17, 15) is 4.79 Å². The average molecular weight is 296 g/mol. The minimum absolute atomic E-state index is 0.289. The van der Waals surface area contributed by atoms with Crippen LogP contribution in [0.2, 0.25) is 0 Å². The van der Waals surface area contributed by atoms with E-state index >= 15 is 0 Å². The van der Waals surface area contributed by atoms with Crippen LogP contribution in [0.1, 0.15) is 6.92 Å². The van der Waals surface area contributed by atoms with Gasteiger partial charge in [0.2, 0.25) is 0 Å². The van der Waals surface area contributed by atoms with Gasteiger partial charge in [0.25, 0.3) is 0 Å². The molecule has 5 nitrogen and oxygen atoms in total. The summed E-state index contributed by atoms with van der Waals surface area (Å²) in [5, 5.41) is 7.54. The van der Waals surface area contributed by atoms with E-state index in [1.54, 1.807) is 0 Å². The van der Waals surface area contributed by atoms with Crippen molar-refractivity contribution >= 4 is 22.4 Å². The maximum atomic E-state index is 10.4. The third-order valence-electron chi connectivity index (χ3n) is 0.699. The first kappa shape index (κ1) is 9.34. The number of aromatic nitrogens is 2. The van der Waals surface area contributed by atoms with Gasteiger partial charge < -0.3 is 0 Å². The van der Waals surface area contributed by atoms with Crippen LogP contribution in [-0.4, -0.2) is 16.2 Å². The van der Waals surface area contributed by atoms with Gasteiger partial charge in [-0.1, -0.05) is 0 Å². The zero-order chi connectivity index (χ0) is 8.97. The molecule has 1 aromatic rings. The van der Waals surface area contributed by atoms with Crippen molar-refractivity contribution in [3.05, 3.63) is 14.4 Å².